The highest BCUT2D eigenvalue weighted by molar-refractivity contribution is 5.69. The number of esters is 1. The highest BCUT2D eigenvalue weighted by Crippen LogP contribution is 2.41. The second-order valence-corrected chi connectivity index (χ2v) is 5.17. The first-order chi connectivity index (χ1) is 7.69. The Labute approximate surface area is 97.5 Å². The van der Waals surface area contributed by atoms with Crippen molar-refractivity contribution in [1.29, 1.82) is 0 Å². The molecule has 3 heteroatoms. The van der Waals surface area contributed by atoms with Crippen molar-refractivity contribution < 1.29 is 14.3 Å². The summed E-state index contributed by atoms with van der Waals surface area (Å²) < 4.78 is 10.9. The molecule has 3 nitrogen and oxygen atoms in total. The molecular weight excluding hydrogens is 204 g/mol. The number of carbonyl (C=O) groups is 1. The highest BCUT2D eigenvalue weighted by Gasteiger charge is 2.38. The summed E-state index contributed by atoms with van der Waals surface area (Å²) in [6.07, 6.45) is 5.95. The quantitative estimate of drug-likeness (QED) is 0.691. The number of carbonyl (C=O) groups excluding carboxylic acids is 1. The van der Waals surface area contributed by atoms with Crippen molar-refractivity contribution in [3.63, 3.8) is 0 Å². The second kappa shape index (κ2) is 5.17. The zero-order valence-corrected chi connectivity index (χ0v) is 10.3. The standard InChI is InChI=1S/C13H22O3/c1-3-15-13(14)8-10-6-9(2)16-12(7-10)11-4-5-11/h9-12H,3-8H2,1-2H3/t9-,10+,12+/m1/s1. The van der Waals surface area contributed by atoms with E-state index in [0.717, 1.165) is 18.8 Å². The molecule has 0 aromatic rings. The Morgan fingerprint density at radius 1 is 1.38 bits per heavy atom. The highest BCUT2D eigenvalue weighted by atomic mass is 16.5. The van der Waals surface area contributed by atoms with E-state index >= 15 is 0 Å². The van der Waals surface area contributed by atoms with E-state index in [1.54, 1.807) is 0 Å². The number of hydrogen-bond donors (Lipinski definition) is 0. The molecule has 3 atom stereocenters. The Bertz CT molecular complexity index is 248. The van der Waals surface area contributed by atoms with Crippen molar-refractivity contribution >= 4 is 5.97 Å². The van der Waals surface area contributed by atoms with Gasteiger partial charge in [-0.3, -0.25) is 4.79 Å². The van der Waals surface area contributed by atoms with E-state index in [0.29, 0.717) is 31.2 Å². The van der Waals surface area contributed by atoms with E-state index < -0.39 is 0 Å². The Morgan fingerprint density at radius 3 is 2.75 bits per heavy atom. The molecule has 1 heterocycles. The first-order valence-electron chi connectivity index (χ1n) is 6.50. The van der Waals surface area contributed by atoms with Gasteiger partial charge in [0.2, 0.25) is 0 Å². The molecule has 1 saturated carbocycles. The van der Waals surface area contributed by atoms with Crippen molar-refractivity contribution in [2.45, 2.75) is 58.2 Å². The van der Waals surface area contributed by atoms with Gasteiger partial charge in [0.1, 0.15) is 0 Å². The van der Waals surface area contributed by atoms with E-state index in [1.165, 1.54) is 12.8 Å². The fourth-order valence-electron chi connectivity index (χ4n) is 2.70. The van der Waals surface area contributed by atoms with Crippen LogP contribution >= 0.6 is 0 Å². The molecule has 0 aromatic heterocycles. The third-order valence-electron chi connectivity index (χ3n) is 3.55. The summed E-state index contributed by atoms with van der Waals surface area (Å²) in [5, 5.41) is 0. The van der Waals surface area contributed by atoms with Gasteiger partial charge in [-0.15, -0.1) is 0 Å². The van der Waals surface area contributed by atoms with Gasteiger partial charge in [0, 0.05) is 6.42 Å². The maximum atomic E-state index is 11.4. The van der Waals surface area contributed by atoms with Crippen LogP contribution in [0.25, 0.3) is 0 Å². The van der Waals surface area contributed by atoms with Crippen molar-refractivity contribution in [3.8, 4) is 0 Å². The van der Waals surface area contributed by atoms with Crippen LogP contribution in [-0.2, 0) is 14.3 Å². The van der Waals surface area contributed by atoms with Crippen LogP contribution in [0.3, 0.4) is 0 Å². The predicted octanol–water partition coefficient (Wildman–Crippen LogP) is 2.53. The summed E-state index contributed by atoms with van der Waals surface area (Å²) in [7, 11) is 0. The molecule has 0 N–H and O–H groups in total. The molecule has 0 bridgehead atoms. The van der Waals surface area contributed by atoms with Crippen LogP contribution in [0.1, 0.15) is 46.0 Å². The van der Waals surface area contributed by atoms with Gasteiger partial charge in [-0.2, -0.15) is 0 Å². The number of rotatable bonds is 4. The number of hydrogen-bond acceptors (Lipinski definition) is 3. The maximum Gasteiger partial charge on any atom is 0.306 e. The molecule has 1 aliphatic heterocycles. The molecule has 1 saturated heterocycles. The molecule has 2 fully saturated rings. The first-order valence-corrected chi connectivity index (χ1v) is 6.50. The summed E-state index contributed by atoms with van der Waals surface area (Å²) in [5.74, 6) is 1.19. The summed E-state index contributed by atoms with van der Waals surface area (Å²) in [6.45, 7) is 4.47. The van der Waals surface area contributed by atoms with Gasteiger partial charge < -0.3 is 9.47 Å². The molecule has 0 unspecified atom stereocenters. The maximum absolute atomic E-state index is 11.4. The molecular formula is C13H22O3. The Hall–Kier alpha value is -0.570. The lowest BCUT2D eigenvalue weighted by Crippen LogP contribution is -2.33. The molecule has 0 radical (unpaired) electrons. The molecule has 0 aromatic carbocycles. The molecule has 2 rings (SSSR count). The monoisotopic (exact) mass is 226 g/mol. The third-order valence-corrected chi connectivity index (χ3v) is 3.55. The molecule has 0 amide bonds. The minimum Gasteiger partial charge on any atom is -0.466 e. The van der Waals surface area contributed by atoms with E-state index in [-0.39, 0.29) is 5.97 Å². The zero-order chi connectivity index (χ0) is 11.5. The van der Waals surface area contributed by atoms with Crippen LogP contribution in [0.4, 0.5) is 0 Å². The average molecular weight is 226 g/mol. The largest absolute Gasteiger partial charge is 0.466 e. The smallest absolute Gasteiger partial charge is 0.306 e. The fraction of sp³-hybridized carbons (Fsp3) is 0.923. The van der Waals surface area contributed by atoms with Crippen molar-refractivity contribution in [2.75, 3.05) is 6.61 Å². The normalized spacial score (nSPS) is 34.8. The van der Waals surface area contributed by atoms with Gasteiger partial charge in [-0.05, 0) is 51.4 Å². The van der Waals surface area contributed by atoms with Gasteiger partial charge in [-0.25, -0.2) is 0 Å². The van der Waals surface area contributed by atoms with Crippen LogP contribution in [0, 0.1) is 11.8 Å². The topological polar surface area (TPSA) is 35.5 Å². The van der Waals surface area contributed by atoms with Gasteiger partial charge in [-0.1, -0.05) is 0 Å². The average Bonchev–Trinajstić information content (AvgIpc) is 2.99. The molecule has 16 heavy (non-hydrogen) atoms. The van der Waals surface area contributed by atoms with Crippen LogP contribution in [0.5, 0.6) is 0 Å². The minimum atomic E-state index is -0.0452. The van der Waals surface area contributed by atoms with E-state index in [4.69, 9.17) is 9.47 Å². The van der Waals surface area contributed by atoms with Crippen LogP contribution in [-0.4, -0.2) is 24.8 Å². The second-order valence-electron chi connectivity index (χ2n) is 5.17. The summed E-state index contributed by atoms with van der Waals surface area (Å²) in [4.78, 5) is 11.4. The van der Waals surface area contributed by atoms with Crippen LogP contribution in [0.15, 0.2) is 0 Å². The predicted molar refractivity (Wildman–Crippen MR) is 61.0 cm³/mol. The lowest BCUT2D eigenvalue weighted by Gasteiger charge is -2.33. The van der Waals surface area contributed by atoms with Crippen molar-refractivity contribution in [3.05, 3.63) is 0 Å². The zero-order valence-electron chi connectivity index (χ0n) is 10.3. The minimum absolute atomic E-state index is 0.0452. The van der Waals surface area contributed by atoms with E-state index in [9.17, 15) is 4.79 Å². The van der Waals surface area contributed by atoms with Gasteiger partial charge in [0.15, 0.2) is 0 Å². The Morgan fingerprint density at radius 2 is 2.12 bits per heavy atom. The SMILES string of the molecule is CCOC(=O)C[C@H]1C[C@@H](C)O[C@H](C2CC2)C1. The van der Waals surface area contributed by atoms with Gasteiger partial charge in [0.25, 0.3) is 0 Å². The molecule has 0 spiro atoms. The van der Waals surface area contributed by atoms with Crippen LogP contribution < -0.4 is 0 Å². The Kier molecular flexibility index (Phi) is 3.85. The van der Waals surface area contributed by atoms with Crippen molar-refractivity contribution in [1.82, 2.24) is 0 Å². The lowest BCUT2D eigenvalue weighted by molar-refractivity contribution is -0.146. The summed E-state index contributed by atoms with van der Waals surface area (Å²) >= 11 is 0. The first kappa shape index (κ1) is 11.9. The fourth-order valence-corrected chi connectivity index (χ4v) is 2.70. The Balaban J connectivity index is 1.81. The van der Waals surface area contributed by atoms with E-state index in [1.807, 2.05) is 6.92 Å². The number of ether oxygens (including phenoxy) is 2. The third kappa shape index (κ3) is 3.21. The van der Waals surface area contributed by atoms with E-state index in [2.05, 4.69) is 6.92 Å². The van der Waals surface area contributed by atoms with Crippen molar-refractivity contribution in [2.24, 2.45) is 11.8 Å². The summed E-state index contributed by atoms with van der Waals surface area (Å²) in [5.41, 5.74) is 0. The molecule has 1 aliphatic carbocycles. The summed E-state index contributed by atoms with van der Waals surface area (Å²) in [6, 6.07) is 0. The molecule has 2 aliphatic rings. The van der Waals surface area contributed by atoms with Gasteiger partial charge >= 0.3 is 5.97 Å². The lowest BCUT2D eigenvalue weighted by atomic mass is 9.88. The van der Waals surface area contributed by atoms with Crippen LogP contribution in [0.2, 0.25) is 0 Å². The molecule has 92 valence electrons. The van der Waals surface area contributed by atoms with Gasteiger partial charge in [0.05, 0.1) is 18.8 Å².